The number of aromatic nitrogens is 1. The molecule has 0 fully saturated rings. The molecule has 180 valence electrons. The van der Waals surface area contributed by atoms with Gasteiger partial charge in [0, 0.05) is 27.8 Å². The SMILES string of the molecule is CN1/C(=C\c2sc3ccc(/C=C/c4cccs4)cc3[n+]2C)Sc2ccc(/C=C/c3cccs3)cc21.[I-]. The van der Waals surface area contributed by atoms with E-state index in [-0.39, 0.29) is 24.0 Å². The van der Waals surface area contributed by atoms with Crippen molar-refractivity contribution in [1.29, 1.82) is 0 Å². The first-order chi connectivity index (χ1) is 17.1. The molecule has 6 rings (SSSR count). The summed E-state index contributed by atoms with van der Waals surface area (Å²) in [4.78, 5) is 6.16. The smallest absolute Gasteiger partial charge is 0.265 e. The van der Waals surface area contributed by atoms with Gasteiger partial charge in [0.1, 0.15) is 11.7 Å². The van der Waals surface area contributed by atoms with Gasteiger partial charge in [-0.3, -0.25) is 0 Å². The van der Waals surface area contributed by atoms with E-state index in [1.807, 2.05) is 23.1 Å². The highest BCUT2D eigenvalue weighted by molar-refractivity contribution is 8.03. The number of nitrogens with zero attached hydrogens (tertiary/aromatic N) is 2. The minimum atomic E-state index is 0. The standard InChI is InChI=1S/C29H23N2S4.HI/c1-30-24-17-20(7-11-22-5-3-15-32-22)9-13-26(24)34-28(30)19-29-31(2)25-18-21(10-14-27(25)35-29)8-12-23-6-4-16-33-23;/h3-19H,1-2H3;1H/q+1;/p-1/b11-7+,12-8+;. The van der Waals surface area contributed by atoms with Crippen molar-refractivity contribution in [3.8, 4) is 0 Å². The summed E-state index contributed by atoms with van der Waals surface area (Å²) in [6.45, 7) is 0. The van der Waals surface area contributed by atoms with Crippen molar-refractivity contribution >= 4 is 92.1 Å². The molecule has 3 aromatic heterocycles. The summed E-state index contributed by atoms with van der Waals surface area (Å²) in [6.07, 6.45) is 11.1. The number of rotatable bonds is 5. The minimum absolute atomic E-state index is 0. The van der Waals surface area contributed by atoms with Crippen LogP contribution in [-0.2, 0) is 7.05 Å². The summed E-state index contributed by atoms with van der Waals surface area (Å²) in [5.74, 6) is 0. The summed E-state index contributed by atoms with van der Waals surface area (Å²) >= 11 is 7.20. The Hall–Kier alpha value is -2.17. The van der Waals surface area contributed by atoms with Gasteiger partial charge in [-0.25, -0.2) is 0 Å². The zero-order chi connectivity index (χ0) is 23.8. The Morgan fingerprint density at radius 3 is 2.14 bits per heavy atom. The fourth-order valence-electron chi connectivity index (χ4n) is 4.06. The van der Waals surface area contributed by atoms with Gasteiger partial charge in [0.15, 0.2) is 0 Å². The van der Waals surface area contributed by atoms with Crippen molar-refractivity contribution in [3.63, 3.8) is 0 Å². The Kier molecular flexibility index (Phi) is 7.83. The number of thiazole rings is 1. The number of thioether (sulfide) groups is 1. The Morgan fingerprint density at radius 1 is 0.806 bits per heavy atom. The van der Waals surface area contributed by atoms with Crippen molar-refractivity contribution in [2.75, 3.05) is 11.9 Å². The number of hydrogen-bond acceptors (Lipinski definition) is 5. The molecule has 1 aliphatic rings. The van der Waals surface area contributed by atoms with Crippen LogP contribution in [0.15, 0.2) is 81.3 Å². The van der Waals surface area contributed by atoms with Crippen LogP contribution in [-0.4, -0.2) is 7.05 Å². The Balaban J connectivity index is 0.00000267. The molecular weight excluding hydrogens is 632 g/mol. The lowest BCUT2D eigenvalue weighted by molar-refractivity contribution is -0.642. The quantitative estimate of drug-likeness (QED) is 0.177. The lowest BCUT2D eigenvalue weighted by atomic mass is 10.1. The largest absolute Gasteiger partial charge is 1.00 e. The first kappa shape index (κ1) is 25.5. The van der Waals surface area contributed by atoms with Gasteiger partial charge in [0.2, 0.25) is 5.52 Å². The predicted molar refractivity (Wildman–Crippen MR) is 158 cm³/mol. The molecule has 0 saturated carbocycles. The monoisotopic (exact) mass is 654 g/mol. The number of hydrogen-bond donors (Lipinski definition) is 0. The topological polar surface area (TPSA) is 7.12 Å². The molecule has 0 unspecified atom stereocenters. The second kappa shape index (κ2) is 11.1. The second-order valence-electron chi connectivity index (χ2n) is 8.29. The van der Waals surface area contributed by atoms with Crippen molar-refractivity contribution in [2.45, 2.75) is 4.90 Å². The third-order valence-electron chi connectivity index (χ3n) is 5.99. The summed E-state index contributed by atoms with van der Waals surface area (Å²) in [5.41, 5.74) is 4.97. The maximum atomic E-state index is 2.32. The second-order valence-corrected chi connectivity index (χ2v) is 12.4. The normalized spacial score (nSPS) is 14.4. The van der Waals surface area contributed by atoms with Crippen LogP contribution < -0.4 is 33.4 Å². The summed E-state index contributed by atoms with van der Waals surface area (Å²) in [6, 6.07) is 21.9. The van der Waals surface area contributed by atoms with Crippen LogP contribution in [0.2, 0.25) is 0 Å². The van der Waals surface area contributed by atoms with Crippen LogP contribution in [0, 0.1) is 0 Å². The number of anilines is 1. The Labute approximate surface area is 245 Å². The molecule has 36 heavy (non-hydrogen) atoms. The molecule has 2 aromatic carbocycles. The predicted octanol–water partition coefficient (Wildman–Crippen LogP) is 5.73. The van der Waals surface area contributed by atoms with Gasteiger partial charge in [-0.15, -0.1) is 22.7 Å². The van der Waals surface area contributed by atoms with E-state index in [4.69, 9.17) is 0 Å². The molecule has 0 spiro atoms. The fourth-order valence-corrected chi connectivity index (χ4v) is 7.51. The van der Waals surface area contributed by atoms with E-state index in [0.29, 0.717) is 0 Å². The van der Waals surface area contributed by atoms with Crippen molar-refractivity contribution in [2.24, 2.45) is 7.05 Å². The molecule has 0 saturated heterocycles. The fraction of sp³-hybridized carbons (Fsp3) is 0.0690. The maximum Gasteiger partial charge on any atom is 0.265 e. The highest BCUT2D eigenvalue weighted by Gasteiger charge is 2.25. The van der Waals surface area contributed by atoms with Crippen molar-refractivity contribution < 1.29 is 28.5 Å². The summed E-state index contributed by atoms with van der Waals surface area (Å²) in [7, 11) is 4.33. The average molecular weight is 655 g/mol. The van der Waals surface area contributed by atoms with Gasteiger partial charge in [-0.1, -0.05) is 59.5 Å². The van der Waals surface area contributed by atoms with Gasteiger partial charge >= 0.3 is 0 Å². The van der Waals surface area contributed by atoms with Crippen LogP contribution in [0.1, 0.15) is 25.9 Å². The van der Waals surface area contributed by atoms with E-state index in [1.165, 1.54) is 51.7 Å². The highest BCUT2D eigenvalue weighted by Crippen LogP contribution is 2.46. The molecular formula is C29H23IN2S4. The number of thiophene rings is 2. The molecule has 0 atom stereocenters. The molecule has 5 aromatic rings. The lowest BCUT2D eigenvalue weighted by Crippen LogP contribution is -3.00. The molecule has 0 bridgehead atoms. The molecule has 4 heterocycles. The first-order valence-electron chi connectivity index (χ1n) is 11.3. The molecule has 0 radical (unpaired) electrons. The summed E-state index contributed by atoms with van der Waals surface area (Å²) in [5, 5.41) is 6.72. The average Bonchev–Trinajstić information content (AvgIpc) is 3.67. The number of benzene rings is 2. The molecule has 2 nitrogen and oxygen atoms in total. The number of fused-ring (bicyclic) bond motifs is 2. The van der Waals surface area contributed by atoms with Gasteiger partial charge in [0.05, 0.1) is 16.8 Å². The maximum absolute atomic E-state index is 2.32. The zero-order valence-electron chi connectivity index (χ0n) is 19.7. The van der Waals surface area contributed by atoms with Crippen molar-refractivity contribution in [3.05, 3.63) is 102 Å². The third-order valence-corrected chi connectivity index (χ3v) is 10.00. The number of aryl methyl sites for hydroxylation is 1. The van der Waals surface area contributed by atoms with E-state index in [1.54, 1.807) is 22.7 Å². The van der Waals surface area contributed by atoms with Gasteiger partial charge in [-0.05, 0) is 64.4 Å². The van der Waals surface area contributed by atoms with E-state index < -0.39 is 0 Å². The van der Waals surface area contributed by atoms with Crippen LogP contribution in [0.5, 0.6) is 0 Å². The molecule has 0 aliphatic carbocycles. The molecule has 0 amide bonds. The van der Waals surface area contributed by atoms with Gasteiger partial charge < -0.3 is 28.9 Å². The Morgan fingerprint density at radius 2 is 1.47 bits per heavy atom. The van der Waals surface area contributed by atoms with E-state index in [9.17, 15) is 0 Å². The Bertz CT molecular complexity index is 1590. The van der Waals surface area contributed by atoms with Gasteiger partial charge in [0.25, 0.3) is 5.01 Å². The van der Waals surface area contributed by atoms with Crippen molar-refractivity contribution in [1.82, 2.24) is 0 Å². The van der Waals surface area contributed by atoms with E-state index in [2.05, 4.69) is 125 Å². The highest BCUT2D eigenvalue weighted by atomic mass is 127. The molecule has 1 aliphatic heterocycles. The summed E-state index contributed by atoms with van der Waals surface area (Å²) < 4.78 is 3.61. The number of halogens is 1. The van der Waals surface area contributed by atoms with Crippen LogP contribution in [0.3, 0.4) is 0 Å². The van der Waals surface area contributed by atoms with Crippen LogP contribution in [0.4, 0.5) is 5.69 Å². The lowest BCUT2D eigenvalue weighted by Gasteiger charge is -2.13. The van der Waals surface area contributed by atoms with Crippen LogP contribution >= 0.6 is 45.8 Å². The van der Waals surface area contributed by atoms with Gasteiger partial charge in [-0.2, -0.15) is 4.57 Å². The van der Waals surface area contributed by atoms with Crippen LogP contribution in [0.25, 0.3) is 40.6 Å². The van der Waals surface area contributed by atoms with E-state index >= 15 is 0 Å². The minimum Gasteiger partial charge on any atom is -1.00 e. The van der Waals surface area contributed by atoms with E-state index in [0.717, 1.165) is 0 Å². The zero-order valence-corrected chi connectivity index (χ0v) is 25.1. The third kappa shape index (κ3) is 5.26. The molecule has 7 heteroatoms. The first-order valence-corrected chi connectivity index (χ1v) is 14.7. The molecule has 0 N–H and O–H groups in total.